The molecule has 310 valence electrons. The highest BCUT2D eigenvalue weighted by Crippen LogP contribution is 2.32. The maximum atomic E-state index is 13.7. The molecule has 4 rings (SSSR count). The molecule has 0 aromatic carbocycles. The molecule has 11 nitrogen and oxygen atoms in total. The predicted molar refractivity (Wildman–Crippen MR) is 218 cm³/mol. The largest absolute Gasteiger partial charge is 0.331 e. The van der Waals surface area contributed by atoms with Crippen molar-refractivity contribution in [2.24, 2.45) is 11.8 Å². The number of carbonyl (C=O) groups is 3. The summed E-state index contributed by atoms with van der Waals surface area (Å²) in [6.45, 7) is 15.5. The molecular weight excluding hydrogens is 689 g/mol. The fourth-order valence-electron chi connectivity index (χ4n) is 7.90. The number of rotatable bonds is 22. The van der Waals surface area contributed by atoms with Gasteiger partial charge in [-0.05, 0) is 70.3 Å². The molecule has 2 heterocycles. The van der Waals surface area contributed by atoms with E-state index in [2.05, 4.69) is 62.8 Å². The van der Waals surface area contributed by atoms with Crippen LogP contribution in [-0.2, 0) is 24.4 Å². The summed E-state index contributed by atoms with van der Waals surface area (Å²) in [5.74, 6) is 0.894. The highest BCUT2D eigenvalue weighted by atomic mass is 32.2. The quantitative estimate of drug-likeness (QED) is 0.0614. The molecule has 0 aromatic heterocycles. The summed E-state index contributed by atoms with van der Waals surface area (Å²) in [5.41, 5.74) is -0.455. The van der Waals surface area contributed by atoms with E-state index in [0.29, 0.717) is 50.6 Å². The van der Waals surface area contributed by atoms with Gasteiger partial charge in [0.15, 0.2) is 5.78 Å². The maximum absolute atomic E-state index is 13.7. The molecule has 0 radical (unpaired) electrons. The first kappa shape index (κ1) is 47.7. The number of carbonyl (C=O) groups excluding carboxylic acids is 3. The lowest BCUT2D eigenvalue weighted by atomic mass is 9.83. The normalized spacial score (nSPS) is 24.1. The number of hydrogen-bond donors (Lipinski definition) is 4. The van der Waals surface area contributed by atoms with Crippen LogP contribution in [0.2, 0.25) is 0 Å². The van der Waals surface area contributed by atoms with E-state index in [1.807, 2.05) is 7.05 Å². The second-order valence-electron chi connectivity index (χ2n) is 16.4. The SMILES string of the molecule is CCC.CCCCCCC[C@H](NCNC1(CS(=O)(=O)N2CCCC2)CCCCC1)C(=O)N1C[C@H](C)C(C)C1C=O.CCC[C@H](NC)C(=O)CNC1CC1. The van der Waals surface area contributed by atoms with Gasteiger partial charge in [0.25, 0.3) is 0 Å². The monoisotopic (exact) mass is 769 g/mol. The number of unbranched alkanes of at least 4 members (excludes halogenated alkanes) is 4. The standard InChI is InChI=1S/C28H52N4O4S.C10H20N2O.C3H8/c1-4-5-6-7-9-14-25(27(34)32-19-23(2)24(3)26(32)20-33)29-22-30-28(15-10-8-11-16-28)21-37(35,36)31-17-12-13-18-31;1-3-4-9(11-2)10(13)7-12-8-5-6-8;1-3-2/h20,23-26,29-30H,4-19,21-22H2,1-3H3;8-9,11-12H,3-7H2,1-2H3;3H2,1-2H3/t23-,24?,25-,26?;9-;/m00./s1. The zero-order valence-corrected chi connectivity index (χ0v) is 35.7. The minimum atomic E-state index is -3.32. The molecule has 0 aromatic rings. The summed E-state index contributed by atoms with van der Waals surface area (Å²) in [7, 11) is -1.46. The number of Topliss-reactive ketones (excluding diaryl/α,β-unsaturated/α-hetero) is 1. The van der Waals surface area contributed by atoms with Crippen LogP contribution >= 0.6 is 0 Å². The number of amides is 1. The highest BCUT2D eigenvalue weighted by Gasteiger charge is 2.42. The Labute approximate surface area is 324 Å². The minimum absolute atomic E-state index is 0.00738. The number of nitrogens with one attached hydrogen (secondary N) is 4. The van der Waals surface area contributed by atoms with E-state index in [9.17, 15) is 22.8 Å². The van der Waals surface area contributed by atoms with Gasteiger partial charge in [-0.25, -0.2) is 12.7 Å². The summed E-state index contributed by atoms with van der Waals surface area (Å²) in [4.78, 5) is 38.9. The average Bonchev–Trinajstić information content (AvgIpc) is 3.69. The van der Waals surface area contributed by atoms with Gasteiger partial charge in [-0.3, -0.25) is 20.2 Å². The number of ketones is 1. The van der Waals surface area contributed by atoms with Gasteiger partial charge in [0.1, 0.15) is 6.29 Å². The van der Waals surface area contributed by atoms with E-state index < -0.39 is 15.6 Å². The summed E-state index contributed by atoms with van der Waals surface area (Å²) < 4.78 is 28.1. The van der Waals surface area contributed by atoms with Gasteiger partial charge in [-0.2, -0.15) is 0 Å². The molecule has 4 aliphatic rings. The van der Waals surface area contributed by atoms with Crippen molar-refractivity contribution in [2.45, 2.75) is 187 Å². The number of nitrogens with zero attached hydrogens (tertiary/aromatic N) is 2. The Balaban J connectivity index is 0.000000504. The molecule has 0 spiro atoms. The van der Waals surface area contributed by atoms with E-state index in [1.165, 1.54) is 38.5 Å². The van der Waals surface area contributed by atoms with E-state index in [-0.39, 0.29) is 35.7 Å². The predicted octanol–water partition coefficient (Wildman–Crippen LogP) is 5.77. The van der Waals surface area contributed by atoms with Gasteiger partial charge in [0.05, 0.1) is 30.4 Å². The first-order valence-corrected chi connectivity index (χ1v) is 23.2. The van der Waals surface area contributed by atoms with Crippen LogP contribution in [0.1, 0.15) is 157 Å². The zero-order chi connectivity index (χ0) is 39.3. The summed E-state index contributed by atoms with van der Waals surface area (Å²) in [6, 6.07) is -0.0561. The molecule has 2 saturated carbocycles. The van der Waals surface area contributed by atoms with Crippen molar-refractivity contribution < 1.29 is 22.8 Å². The minimum Gasteiger partial charge on any atom is -0.331 e. The first-order valence-electron chi connectivity index (χ1n) is 21.6. The molecule has 12 heteroatoms. The Hall–Kier alpha value is -1.44. The topological polar surface area (TPSA) is 140 Å². The summed E-state index contributed by atoms with van der Waals surface area (Å²) in [5, 5.41) is 13.3. The number of hydrogen-bond acceptors (Lipinski definition) is 9. The first-order chi connectivity index (χ1) is 25.4. The fourth-order valence-corrected chi connectivity index (χ4v) is 9.98. The van der Waals surface area contributed by atoms with Crippen molar-refractivity contribution in [2.75, 3.05) is 45.6 Å². The Morgan fingerprint density at radius 2 is 1.51 bits per heavy atom. The van der Waals surface area contributed by atoms with Crippen LogP contribution in [0, 0.1) is 11.8 Å². The second kappa shape index (κ2) is 25.7. The third-order valence-corrected chi connectivity index (χ3v) is 13.7. The molecular formula is C41H80N6O5S. The Bertz CT molecular complexity index is 1140. The van der Waals surface area contributed by atoms with Crippen LogP contribution in [0.15, 0.2) is 0 Å². The van der Waals surface area contributed by atoms with Gasteiger partial charge < -0.3 is 20.3 Å². The smallest absolute Gasteiger partial charge is 0.240 e. The lowest BCUT2D eigenvalue weighted by molar-refractivity contribution is -0.137. The molecule has 4 fully saturated rings. The molecule has 2 aliphatic carbocycles. The third kappa shape index (κ3) is 16.7. The van der Waals surface area contributed by atoms with Crippen molar-refractivity contribution in [1.29, 1.82) is 0 Å². The van der Waals surface area contributed by atoms with Gasteiger partial charge in [-0.1, -0.05) is 106 Å². The molecule has 5 atom stereocenters. The van der Waals surface area contributed by atoms with Crippen LogP contribution < -0.4 is 21.3 Å². The number of sulfonamides is 1. The molecule has 2 unspecified atom stereocenters. The van der Waals surface area contributed by atoms with E-state index in [4.69, 9.17) is 0 Å². The van der Waals surface area contributed by atoms with Gasteiger partial charge >= 0.3 is 0 Å². The van der Waals surface area contributed by atoms with Crippen LogP contribution in [0.4, 0.5) is 0 Å². The molecule has 1 amide bonds. The van der Waals surface area contributed by atoms with Crippen molar-refractivity contribution in [3.05, 3.63) is 0 Å². The number of likely N-dealkylation sites (N-methyl/N-ethyl adjacent to an activating group) is 1. The van der Waals surface area contributed by atoms with Crippen molar-refractivity contribution in [1.82, 2.24) is 30.5 Å². The Kier molecular flexibility index (Phi) is 23.1. The van der Waals surface area contributed by atoms with Gasteiger partial charge in [0.2, 0.25) is 15.9 Å². The lowest BCUT2D eigenvalue weighted by Gasteiger charge is -2.39. The average molecular weight is 769 g/mol. The molecule has 2 saturated heterocycles. The molecule has 0 bridgehead atoms. The maximum Gasteiger partial charge on any atom is 0.240 e. The molecule has 2 aliphatic heterocycles. The summed E-state index contributed by atoms with van der Waals surface area (Å²) >= 11 is 0. The molecule has 53 heavy (non-hydrogen) atoms. The third-order valence-electron chi connectivity index (χ3n) is 11.6. The zero-order valence-electron chi connectivity index (χ0n) is 34.9. The highest BCUT2D eigenvalue weighted by molar-refractivity contribution is 7.89. The summed E-state index contributed by atoms with van der Waals surface area (Å²) in [6.07, 6.45) is 19.7. The number of aldehydes is 1. The van der Waals surface area contributed by atoms with Crippen LogP contribution in [0.5, 0.6) is 0 Å². The fraction of sp³-hybridized carbons (Fsp3) is 0.927. The lowest BCUT2D eigenvalue weighted by Crippen LogP contribution is -2.58. The van der Waals surface area contributed by atoms with Crippen LogP contribution in [0.3, 0.4) is 0 Å². The second-order valence-corrected chi connectivity index (χ2v) is 18.4. The Morgan fingerprint density at radius 1 is 0.868 bits per heavy atom. The van der Waals surface area contributed by atoms with Crippen LogP contribution in [-0.4, -0.2) is 111 Å². The van der Waals surface area contributed by atoms with Crippen LogP contribution in [0.25, 0.3) is 0 Å². The van der Waals surface area contributed by atoms with Gasteiger partial charge in [-0.15, -0.1) is 0 Å². The van der Waals surface area contributed by atoms with E-state index in [0.717, 1.165) is 83.3 Å². The Morgan fingerprint density at radius 3 is 2.08 bits per heavy atom. The van der Waals surface area contributed by atoms with E-state index in [1.54, 1.807) is 9.21 Å². The van der Waals surface area contributed by atoms with Crippen molar-refractivity contribution in [3.63, 3.8) is 0 Å². The van der Waals surface area contributed by atoms with Crippen molar-refractivity contribution >= 4 is 28.0 Å². The number of likely N-dealkylation sites (tertiary alicyclic amines) is 1. The van der Waals surface area contributed by atoms with Crippen molar-refractivity contribution in [3.8, 4) is 0 Å². The molecule has 4 N–H and O–H groups in total. The van der Waals surface area contributed by atoms with E-state index >= 15 is 0 Å². The van der Waals surface area contributed by atoms with Gasteiger partial charge in [0, 0.05) is 37.9 Å².